The number of aryl methyl sites for hydroxylation is 1. The van der Waals surface area contributed by atoms with E-state index < -0.39 is 0 Å². The van der Waals surface area contributed by atoms with E-state index in [1.165, 1.54) is 12.0 Å². The normalized spacial score (nSPS) is 7.64. The van der Waals surface area contributed by atoms with Crippen molar-refractivity contribution < 1.29 is 0 Å². The molecule has 2 radical (unpaired) electrons. The van der Waals surface area contributed by atoms with Crippen LogP contribution in [0.5, 0.6) is 0 Å². The molecule has 0 unspecified atom stereocenters. The van der Waals surface area contributed by atoms with Crippen LogP contribution in [-0.2, 0) is 6.42 Å². The van der Waals surface area contributed by atoms with E-state index >= 15 is 0 Å². The van der Waals surface area contributed by atoms with Crippen molar-refractivity contribution in [3.63, 3.8) is 0 Å². The Bertz CT molecular complexity index is 165. The van der Waals surface area contributed by atoms with Gasteiger partial charge in [-0.25, -0.2) is 0 Å². The lowest BCUT2D eigenvalue weighted by atomic mass is 10.2. The van der Waals surface area contributed by atoms with Gasteiger partial charge >= 0.3 is 0 Å². The second kappa shape index (κ2) is 8.43. The summed E-state index contributed by atoms with van der Waals surface area (Å²) in [5, 5.41) is 1.16. The quantitative estimate of drug-likeness (QED) is 0.651. The number of rotatable bonds is 2. The highest BCUT2D eigenvalue weighted by Crippen LogP contribution is 1.99. The second-order valence-corrected chi connectivity index (χ2v) is 2.60. The Morgan fingerprint density at radius 2 is 1.55 bits per heavy atom. The molecule has 0 nitrogen and oxygen atoms in total. The van der Waals surface area contributed by atoms with Gasteiger partial charge < -0.3 is 0 Å². The Morgan fingerprint density at radius 1 is 1.00 bits per heavy atom. The minimum absolute atomic E-state index is 0. The zero-order chi connectivity index (χ0) is 6.53. The molecule has 0 heterocycles. The summed E-state index contributed by atoms with van der Waals surface area (Å²) in [5.41, 5.74) is 1.42. The Morgan fingerprint density at radius 3 is 2.00 bits per heavy atom. The third-order valence-electron chi connectivity index (χ3n) is 1.28. The van der Waals surface area contributed by atoms with E-state index in [2.05, 4.69) is 40.6 Å². The maximum absolute atomic E-state index is 2.73. The molecule has 0 aromatic heterocycles. The molecule has 0 bridgehead atoms. The van der Waals surface area contributed by atoms with Crippen LogP contribution >= 0.6 is 24.8 Å². The highest BCUT2D eigenvalue weighted by molar-refractivity contribution is 6.08. The van der Waals surface area contributed by atoms with Gasteiger partial charge in [-0.2, -0.15) is 0 Å². The van der Waals surface area contributed by atoms with Crippen molar-refractivity contribution in [1.82, 2.24) is 0 Å². The Balaban J connectivity index is 0. The van der Waals surface area contributed by atoms with E-state index in [0.29, 0.717) is 0 Å². The average molecular weight is 205 g/mol. The van der Waals surface area contributed by atoms with Crippen LogP contribution in [0.15, 0.2) is 30.3 Å². The summed E-state index contributed by atoms with van der Waals surface area (Å²) >= 11 is 2.73. The van der Waals surface area contributed by atoms with Crippen molar-refractivity contribution in [3.8, 4) is 0 Å². The topological polar surface area (TPSA) is 0 Å². The summed E-state index contributed by atoms with van der Waals surface area (Å²) in [6, 6.07) is 10.5. The van der Waals surface area contributed by atoms with Crippen molar-refractivity contribution in [1.29, 1.82) is 0 Å². The van der Waals surface area contributed by atoms with Crippen LogP contribution < -0.4 is 0 Å². The summed E-state index contributed by atoms with van der Waals surface area (Å²) < 4.78 is 0. The molecule has 0 saturated carbocycles. The van der Waals surface area contributed by atoms with Crippen LogP contribution in [0.3, 0.4) is 0 Å². The molecule has 1 aromatic carbocycles. The van der Waals surface area contributed by atoms with E-state index in [0.717, 1.165) is 5.28 Å². The standard InChI is InChI=1S/C8H9.Al.2ClH/c1-2-8-6-4-3-5-7-8;;;/h3-7H,1-2H2;;2*1H. The minimum Gasteiger partial charge on any atom is -0.147 e. The fourth-order valence-corrected chi connectivity index (χ4v) is 1.14. The molecule has 1 rings (SSSR count). The third kappa shape index (κ3) is 5.59. The van der Waals surface area contributed by atoms with Gasteiger partial charge in [-0.1, -0.05) is 30.3 Å². The van der Waals surface area contributed by atoms with Gasteiger partial charge in [0.05, 0.1) is 0 Å². The molecule has 0 saturated heterocycles. The number of hydrogen-bond acceptors (Lipinski definition) is 0. The van der Waals surface area contributed by atoms with Crippen molar-refractivity contribution in [2.24, 2.45) is 0 Å². The summed E-state index contributed by atoms with van der Waals surface area (Å²) in [6.07, 6.45) is 1.17. The lowest BCUT2D eigenvalue weighted by Gasteiger charge is -1.94. The first-order chi connectivity index (χ1) is 4.43. The van der Waals surface area contributed by atoms with E-state index in [1.54, 1.807) is 0 Å². The summed E-state index contributed by atoms with van der Waals surface area (Å²) in [4.78, 5) is 0. The third-order valence-corrected chi connectivity index (χ3v) is 1.56. The molecule has 3 heteroatoms. The van der Waals surface area contributed by atoms with Crippen molar-refractivity contribution in [2.45, 2.75) is 11.7 Å². The molecule has 0 aliphatic heterocycles. The second-order valence-electron chi connectivity index (χ2n) is 2.02. The van der Waals surface area contributed by atoms with Gasteiger partial charge in [0.2, 0.25) is 0 Å². The molecule has 0 fully saturated rings. The van der Waals surface area contributed by atoms with E-state index in [1.807, 2.05) is 6.07 Å². The summed E-state index contributed by atoms with van der Waals surface area (Å²) in [7, 11) is 0. The highest BCUT2D eigenvalue weighted by atomic mass is 35.5. The fraction of sp³-hybridized carbons (Fsp3) is 0.250. The fourth-order valence-electron chi connectivity index (χ4n) is 0.811. The Kier molecular flexibility index (Phi) is 10.6. The van der Waals surface area contributed by atoms with Gasteiger partial charge in [-0.05, 0) is 12.0 Å². The van der Waals surface area contributed by atoms with Crippen LogP contribution in [0.2, 0.25) is 5.28 Å². The first kappa shape index (κ1) is 13.9. The van der Waals surface area contributed by atoms with Gasteiger partial charge in [0.15, 0.2) is 0 Å². The van der Waals surface area contributed by atoms with E-state index in [-0.39, 0.29) is 24.8 Å². The minimum atomic E-state index is 0. The lowest BCUT2D eigenvalue weighted by molar-refractivity contribution is 1.13. The SMILES string of the molecule is Cl.Cl.[Al][CH2]Cc1ccccc1. The van der Waals surface area contributed by atoms with Gasteiger partial charge in [-0.15, -0.1) is 30.1 Å². The van der Waals surface area contributed by atoms with E-state index in [4.69, 9.17) is 0 Å². The maximum atomic E-state index is 2.73. The molecule has 0 N–H and O–H groups in total. The van der Waals surface area contributed by atoms with Crippen LogP contribution in [0.1, 0.15) is 5.56 Å². The number of hydrogen-bond donors (Lipinski definition) is 0. The predicted molar refractivity (Wildman–Crippen MR) is 55.2 cm³/mol. The van der Waals surface area contributed by atoms with Gasteiger partial charge in [-0.3, -0.25) is 0 Å². The zero-order valence-electron chi connectivity index (χ0n) is 6.19. The molecular weight excluding hydrogens is 194 g/mol. The van der Waals surface area contributed by atoms with Crippen molar-refractivity contribution >= 4 is 41.1 Å². The number of halogens is 2. The van der Waals surface area contributed by atoms with Crippen LogP contribution in [0.25, 0.3) is 0 Å². The first-order valence-electron chi connectivity index (χ1n) is 3.17. The van der Waals surface area contributed by atoms with E-state index in [9.17, 15) is 0 Å². The monoisotopic (exact) mass is 204 g/mol. The van der Waals surface area contributed by atoms with Crippen LogP contribution in [-0.4, -0.2) is 16.3 Å². The van der Waals surface area contributed by atoms with Crippen LogP contribution in [0, 0.1) is 0 Å². The zero-order valence-corrected chi connectivity index (χ0v) is 8.98. The molecule has 1 aromatic rings. The molecule has 0 aliphatic carbocycles. The molecule has 0 spiro atoms. The van der Waals surface area contributed by atoms with Gasteiger partial charge in [0.1, 0.15) is 16.3 Å². The van der Waals surface area contributed by atoms with Gasteiger partial charge in [0, 0.05) is 0 Å². The summed E-state index contributed by atoms with van der Waals surface area (Å²) in [6.45, 7) is 0. The smallest absolute Gasteiger partial charge is 0.118 e. The maximum Gasteiger partial charge on any atom is 0.118 e. The largest absolute Gasteiger partial charge is 0.147 e. The lowest BCUT2D eigenvalue weighted by Crippen LogP contribution is -1.80. The van der Waals surface area contributed by atoms with Crippen molar-refractivity contribution in [2.75, 3.05) is 0 Å². The predicted octanol–water partition coefficient (Wildman–Crippen LogP) is 2.66. The molecule has 60 valence electrons. The number of benzene rings is 1. The summed E-state index contributed by atoms with van der Waals surface area (Å²) in [5.74, 6) is 0. The average Bonchev–Trinajstić information content (AvgIpc) is 1.91. The van der Waals surface area contributed by atoms with Gasteiger partial charge in [0.25, 0.3) is 0 Å². The first-order valence-corrected chi connectivity index (χ1v) is 3.99. The molecular formula is C8H11AlCl2. The van der Waals surface area contributed by atoms with Crippen LogP contribution in [0.4, 0.5) is 0 Å². The molecule has 0 atom stereocenters. The molecule has 0 amide bonds. The highest BCUT2D eigenvalue weighted by Gasteiger charge is 1.84. The van der Waals surface area contributed by atoms with Crippen molar-refractivity contribution in [3.05, 3.63) is 35.9 Å². The Labute approximate surface area is 88.6 Å². The molecule has 11 heavy (non-hydrogen) atoms. The Hall–Kier alpha value is 0.332. The molecule has 0 aliphatic rings.